The highest BCUT2D eigenvalue weighted by molar-refractivity contribution is 5.80. The van der Waals surface area contributed by atoms with Gasteiger partial charge >= 0.3 is 6.18 Å². The molecule has 0 radical (unpaired) electrons. The van der Waals surface area contributed by atoms with E-state index in [1.807, 2.05) is 13.0 Å². The number of alkyl halides is 3. The first-order valence-corrected chi connectivity index (χ1v) is 11.3. The largest absolute Gasteiger partial charge is 0.436 e. The molecule has 1 N–H and O–H groups in total. The lowest BCUT2D eigenvalue weighted by molar-refractivity contribution is -0.142. The lowest BCUT2D eigenvalue weighted by Gasteiger charge is -2.12. The van der Waals surface area contributed by atoms with Crippen molar-refractivity contribution in [2.75, 3.05) is 0 Å². The summed E-state index contributed by atoms with van der Waals surface area (Å²) in [7, 11) is 0. The first-order chi connectivity index (χ1) is 17.6. The number of nitrogens with zero attached hydrogens (tertiary/aromatic N) is 7. The van der Waals surface area contributed by atoms with Crippen LogP contribution >= 0.6 is 0 Å². The summed E-state index contributed by atoms with van der Waals surface area (Å²) >= 11 is 0. The number of ether oxygens (including phenoxy) is 1. The maximum atomic E-state index is 12.9. The van der Waals surface area contributed by atoms with Crippen molar-refractivity contribution in [2.45, 2.75) is 39.6 Å². The zero-order chi connectivity index (χ0) is 26.3. The van der Waals surface area contributed by atoms with Crippen molar-refractivity contribution in [2.24, 2.45) is 0 Å². The van der Waals surface area contributed by atoms with Gasteiger partial charge < -0.3 is 9.84 Å². The average Bonchev–Trinajstić information content (AvgIpc) is 3.41. The van der Waals surface area contributed by atoms with Crippen LogP contribution in [0.4, 0.5) is 13.2 Å². The van der Waals surface area contributed by atoms with Gasteiger partial charge in [-0.15, -0.1) is 5.10 Å². The summed E-state index contributed by atoms with van der Waals surface area (Å²) in [6.45, 7) is 3.80. The van der Waals surface area contributed by atoms with Crippen LogP contribution in [-0.4, -0.2) is 45.9 Å². The Balaban J connectivity index is 1.52. The van der Waals surface area contributed by atoms with E-state index < -0.39 is 18.8 Å². The number of aromatic nitrogens is 7. The van der Waals surface area contributed by atoms with Gasteiger partial charge in [0.05, 0.1) is 46.8 Å². The van der Waals surface area contributed by atoms with Crippen LogP contribution in [0.15, 0.2) is 55.0 Å². The van der Waals surface area contributed by atoms with Crippen molar-refractivity contribution in [3.8, 4) is 34.1 Å². The fourth-order valence-electron chi connectivity index (χ4n) is 3.97. The molecule has 1 unspecified atom stereocenters. The van der Waals surface area contributed by atoms with Gasteiger partial charge in [-0.1, -0.05) is 6.07 Å². The maximum absolute atomic E-state index is 12.9. The Morgan fingerprint density at radius 3 is 2.51 bits per heavy atom. The molecule has 0 aliphatic rings. The highest BCUT2D eigenvalue weighted by Crippen LogP contribution is 2.33. The molecule has 0 saturated heterocycles. The molecule has 5 aromatic heterocycles. The summed E-state index contributed by atoms with van der Waals surface area (Å²) in [5.74, 6) is 0.852. The molecule has 37 heavy (non-hydrogen) atoms. The second kappa shape index (κ2) is 9.28. The second-order valence-electron chi connectivity index (χ2n) is 8.62. The van der Waals surface area contributed by atoms with Gasteiger partial charge in [-0.05, 0) is 45.0 Å². The molecule has 5 aromatic rings. The van der Waals surface area contributed by atoms with Crippen molar-refractivity contribution < 1.29 is 23.0 Å². The molecule has 0 fully saturated rings. The molecule has 1 atom stereocenters. The van der Waals surface area contributed by atoms with Gasteiger partial charge in [-0.2, -0.15) is 28.5 Å². The Labute approximate surface area is 209 Å². The zero-order valence-corrected chi connectivity index (χ0v) is 20.1. The third kappa shape index (κ3) is 5.14. The summed E-state index contributed by atoms with van der Waals surface area (Å²) in [6, 6.07) is 10.5. The monoisotopic (exact) mass is 509 g/mol. The van der Waals surface area contributed by atoms with Crippen LogP contribution < -0.4 is 4.74 Å². The highest BCUT2D eigenvalue weighted by Gasteiger charge is 2.29. The molecule has 0 aliphatic carbocycles. The standard InChI is InChI=1S/C25H22F3N7O2/c1-14-4-9-23(32-31-14)37-17-5-8-22-19(10-29-35(22)11-17)21-7-6-18(16(3)36)24(30-21)20-12-34(33-15(20)2)13-25(26,27)28/h4-12,16,36H,13H2,1-3H3. The lowest BCUT2D eigenvalue weighted by atomic mass is 10.0. The van der Waals surface area contributed by atoms with E-state index >= 15 is 0 Å². The smallest absolute Gasteiger partial charge is 0.408 e. The molecule has 0 spiro atoms. The predicted molar refractivity (Wildman–Crippen MR) is 128 cm³/mol. The highest BCUT2D eigenvalue weighted by atomic mass is 19.4. The number of rotatable bonds is 6. The Morgan fingerprint density at radius 1 is 1.00 bits per heavy atom. The fraction of sp³-hybridized carbons (Fsp3) is 0.240. The van der Waals surface area contributed by atoms with Crippen molar-refractivity contribution >= 4 is 5.52 Å². The van der Waals surface area contributed by atoms with Crippen LogP contribution in [0.25, 0.3) is 28.0 Å². The topological polar surface area (TPSA) is 103 Å². The van der Waals surface area contributed by atoms with E-state index in [0.29, 0.717) is 45.4 Å². The van der Waals surface area contributed by atoms with Gasteiger partial charge in [-0.25, -0.2) is 9.50 Å². The van der Waals surface area contributed by atoms with Gasteiger partial charge in [0.1, 0.15) is 12.3 Å². The first-order valence-electron chi connectivity index (χ1n) is 11.3. The van der Waals surface area contributed by atoms with Gasteiger partial charge in [-0.3, -0.25) is 4.68 Å². The van der Waals surface area contributed by atoms with Crippen LogP contribution in [0.2, 0.25) is 0 Å². The van der Waals surface area contributed by atoms with E-state index in [1.165, 1.54) is 6.20 Å². The quantitative estimate of drug-likeness (QED) is 0.341. The van der Waals surface area contributed by atoms with E-state index in [4.69, 9.17) is 9.72 Å². The number of aryl methyl sites for hydroxylation is 2. The molecule has 0 saturated carbocycles. The molecule has 0 amide bonds. The maximum Gasteiger partial charge on any atom is 0.408 e. The normalized spacial score (nSPS) is 12.7. The number of hydrogen-bond donors (Lipinski definition) is 1. The van der Waals surface area contributed by atoms with Gasteiger partial charge in [0.2, 0.25) is 5.88 Å². The van der Waals surface area contributed by atoms with E-state index in [2.05, 4.69) is 20.4 Å². The number of pyridine rings is 2. The predicted octanol–water partition coefficient (Wildman–Crippen LogP) is 5.07. The van der Waals surface area contributed by atoms with Crippen LogP contribution in [0, 0.1) is 13.8 Å². The number of aliphatic hydroxyl groups is 1. The van der Waals surface area contributed by atoms with Crippen molar-refractivity contribution in [3.63, 3.8) is 0 Å². The summed E-state index contributed by atoms with van der Waals surface area (Å²) < 4.78 is 47.0. The average molecular weight is 509 g/mol. The van der Waals surface area contributed by atoms with Gasteiger partial charge in [0.15, 0.2) is 0 Å². The molecule has 5 rings (SSSR count). The first kappa shape index (κ1) is 24.4. The van der Waals surface area contributed by atoms with Crippen LogP contribution in [0.5, 0.6) is 11.6 Å². The van der Waals surface area contributed by atoms with Gasteiger partial charge in [0, 0.05) is 29.0 Å². The van der Waals surface area contributed by atoms with E-state index in [-0.39, 0.29) is 0 Å². The van der Waals surface area contributed by atoms with E-state index in [1.54, 1.807) is 61.1 Å². The molecule has 12 heteroatoms. The minimum absolute atomic E-state index is 0.346. The summed E-state index contributed by atoms with van der Waals surface area (Å²) in [6.07, 6.45) is -0.677. The molecule has 5 heterocycles. The van der Waals surface area contributed by atoms with E-state index in [0.717, 1.165) is 15.9 Å². The number of halogens is 3. The third-order valence-electron chi connectivity index (χ3n) is 5.68. The second-order valence-corrected chi connectivity index (χ2v) is 8.62. The van der Waals surface area contributed by atoms with Crippen molar-refractivity contribution in [3.05, 3.63) is 71.9 Å². The lowest BCUT2D eigenvalue weighted by Crippen LogP contribution is -2.17. The molecule has 9 nitrogen and oxygen atoms in total. The summed E-state index contributed by atoms with van der Waals surface area (Å²) in [5.41, 5.74) is 4.35. The molecular weight excluding hydrogens is 487 g/mol. The number of aliphatic hydroxyl groups excluding tert-OH is 1. The van der Waals surface area contributed by atoms with Gasteiger partial charge in [0.25, 0.3) is 0 Å². The minimum Gasteiger partial charge on any atom is -0.436 e. The van der Waals surface area contributed by atoms with Crippen LogP contribution in [0.3, 0.4) is 0 Å². The van der Waals surface area contributed by atoms with Crippen molar-refractivity contribution in [1.82, 2.24) is 34.6 Å². The van der Waals surface area contributed by atoms with Crippen LogP contribution in [-0.2, 0) is 6.54 Å². The third-order valence-corrected chi connectivity index (χ3v) is 5.68. The Kier molecular flexibility index (Phi) is 6.12. The molecule has 190 valence electrons. The minimum atomic E-state index is -4.41. The Morgan fingerprint density at radius 2 is 1.81 bits per heavy atom. The van der Waals surface area contributed by atoms with E-state index in [9.17, 15) is 18.3 Å². The molecule has 0 aromatic carbocycles. The number of hydrogen-bond acceptors (Lipinski definition) is 7. The zero-order valence-electron chi connectivity index (χ0n) is 20.1. The molecule has 0 aliphatic heterocycles. The Bertz CT molecular complexity index is 1570. The Hall–Kier alpha value is -4.32. The summed E-state index contributed by atoms with van der Waals surface area (Å²) in [5, 5.41) is 26.7. The van der Waals surface area contributed by atoms with Crippen molar-refractivity contribution in [1.29, 1.82) is 0 Å². The fourth-order valence-corrected chi connectivity index (χ4v) is 3.97. The van der Waals surface area contributed by atoms with Crippen LogP contribution in [0.1, 0.15) is 30.0 Å². The molecular formula is C25H22F3N7O2. The summed E-state index contributed by atoms with van der Waals surface area (Å²) in [4.78, 5) is 4.73. The SMILES string of the molecule is Cc1ccc(Oc2ccc3c(-c4ccc(C(C)O)c(-c5cn(CC(F)(F)F)nc5C)n4)cnn3c2)nn1. The number of fused-ring (bicyclic) bond motifs is 1. The molecule has 0 bridgehead atoms.